The molecule has 84 valence electrons. The van der Waals surface area contributed by atoms with Crippen molar-refractivity contribution in [3.8, 4) is 0 Å². The summed E-state index contributed by atoms with van der Waals surface area (Å²) in [6.07, 6.45) is 2.42. The topological polar surface area (TPSA) is 45.2 Å². The molecule has 2 aromatic rings. The Balaban J connectivity index is 2.21. The second-order valence-electron chi connectivity index (χ2n) is 4.43. The van der Waals surface area contributed by atoms with Crippen molar-refractivity contribution in [1.29, 1.82) is 0 Å². The molecule has 0 spiro atoms. The number of fused-ring (bicyclic) bond motifs is 1. The molecule has 3 rings (SSSR count). The minimum absolute atomic E-state index is 0.145. The summed E-state index contributed by atoms with van der Waals surface area (Å²) in [7, 11) is 0. The summed E-state index contributed by atoms with van der Waals surface area (Å²) in [4.78, 5) is 3.16. The van der Waals surface area contributed by atoms with E-state index in [1.54, 1.807) is 0 Å². The van der Waals surface area contributed by atoms with Gasteiger partial charge in [-0.15, -0.1) is 0 Å². The van der Waals surface area contributed by atoms with Crippen LogP contribution in [0.4, 0.5) is 0 Å². The van der Waals surface area contributed by atoms with Crippen molar-refractivity contribution in [2.75, 3.05) is 6.61 Å². The molecule has 2 heterocycles. The van der Waals surface area contributed by atoms with Crippen molar-refractivity contribution in [3.05, 3.63) is 36.0 Å². The molecule has 1 aliphatic rings. The summed E-state index contributed by atoms with van der Waals surface area (Å²) in [6, 6.07) is 7.98. The molecule has 16 heavy (non-hydrogen) atoms. The van der Waals surface area contributed by atoms with E-state index in [1.807, 2.05) is 37.4 Å². The van der Waals surface area contributed by atoms with Crippen LogP contribution in [0.3, 0.4) is 0 Å². The highest BCUT2D eigenvalue weighted by Crippen LogP contribution is 2.38. The maximum Gasteiger partial charge on any atom is 0.118 e. The van der Waals surface area contributed by atoms with E-state index in [9.17, 15) is 5.11 Å². The minimum Gasteiger partial charge on any atom is -0.382 e. The molecule has 0 bridgehead atoms. The molecule has 1 fully saturated rings. The van der Waals surface area contributed by atoms with Gasteiger partial charge in [0.25, 0.3) is 0 Å². The summed E-state index contributed by atoms with van der Waals surface area (Å²) in [5.41, 5.74) is 1.18. The second kappa shape index (κ2) is 3.34. The first-order chi connectivity index (χ1) is 7.72. The van der Waals surface area contributed by atoms with Crippen LogP contribution in [0.25, 0.3) is 10.9 Å². The van der Waals surface area contributed by atoms with Gasteiger partial charge in [0.2, 0.25) is 0 Å². The standard InChI is InChI=1S/C13H15NO2/c1-9-13(15,6-8-16-9)11-3-2-4-12-10(11)5-7-14-12/h2-5,7,9,14-15H,6,8H2,1H3. The van der Waals surface area contributed by atoms with E-state index in [-0.39, 0.29) is 6.10 Å². The Morgan fingerprint density at radius 1 is 1.44 bits per heavy atom. The van der Waals surface area contributed by atoms with Gasteiger partial charge in [-0.05, 0) is 24.6 Å². The van der Waals surface area contributed by atoms with Crippen molar-refractivity contribution in [2.24, 2.45) is 0 Å². The van der Waals surface area contributed by atoms with Crippen molar-refractivity contribution >= 4 is 10.9 Å². The lowest BCUT2D eigenvalue weighted by molar-refractivity contribution is -0.0306. The monoisotopic (exact) mass is 217 g/mol. The van der Waals surface area contributed by atoms with Crippen LogP contribution in [-0.2, 0) is 10.3 Å². The highest BCUT2D eigenvalue weighted by atomic mass is 16.5. The summed E-state index contributed by atoms with van der Waals surface area (Å²) in [5.74, 6) is 0. The Kier molecular flexibility index (Phi) is 2.06. The molecule has 0 amide bonds. The van der Waals surface area contributed by atoms with Crippen molar-refractivity contribution in [1.82, 2.24) is 4.98 Å². The van der Waals surface area contributed by atoms with Crippen LogP contribution in [0.15, 0.2) is 30.5 Å². The van der Waals surface area contributed by atoms with E-state index >= 15 is 0 Å². The number of benzene rings is 1. The number of hydrogen-bond acceptors (Lipinski definition) is 2. The zero-order valence-electron chi connectivity index (χ0n) is 9.23. The van der Waals surface area contributed by atoms with E-state index in [4.69, 9.17) is 4.74 Å². The average molecular weight is 217 g/mol. The SMILES string of the molecule is CC1OCCC1(O)c1cccc2[nH]ccc12. The largest absolute Gasteiger partial charge is 0.382 e. The zero-order chi connectivity index (χ0) is 11.2. The van der Waals surface area contributed by atoms with Crippen LogP contribution in [0.5, 0.6) is 0 Å². The van der Waals surface area contributed by atoms with Crippen LogP contribution >= 0.6 is 0 Å². The second-order valence-corrected chi connectivity index (χ2v) is 4.43. The number of hydrogen-bond donors (Lipinski definition) is 2. The molecule has 3 nitrogen and oxygen atoms in total. The number of aromatic amines is 1. The van der Waals surface area contributed by atoms with Gasteiger partial charge < -0.3 is 14.8 Å². The number of aliphatic hydroxyl groups is 1. The number of rotatable bonds is 1. The fraction of sp³-hybridized carbons (Fsp3) is 0.385. The van der Waals surface area contributed by atoms with E-state index < -0.39 is 5.60 Å². The van der Waals surface area contributed by atoms with Gasteiger partial charge in [-0.2, -0.15) is 0 Å². The van der Waals surface area contributed by atoms with Crippen molar-refractivity contribution in [2.45, 2.75) is 25.0 Å². The number of aromatic nitrogens is 1. The van der Waals surface area contributed by atoms with Gasteiger partial charge in [0, 0.05) is 23.5 Å². The summed E-state index contributed by atoms with van der Waals surface area (Å²) in [5, 5.41) is 11.8. The van der Waals surface area contributed by atoms with Gasteiger partial charge in [0.15, 0.2) is 0 Å². The maximum atomic E-state index is 10.7. The maximum absolute atomic E-state index is 10.7. The Hall–Kier alpha value is -1.32. The molecule has 3 heteroatoms. The minimum atomic E-state index is -0.846. The zero-order valence-corrected chi connectivity index (χ0v) is 9.23. The molecule has 0 radical (unpaired) electrons. The Morgan fingerprint density at radius 3 is 3.06 bits per heavy atom. The van der Waals surface area contributed by atoms with Gasteiger partial charge in [0.05, 0.1) is 12.7 Å². The lowest BCUT2D eigenvalue weighted by atomic mass is 9.86. The van der Waals surface area contributed by atoms with Gasteiger partial charge in [0.1, 0.15) is 5.60 Å². The van der Waals surface area contributed by atoms with Crippen molar-refractivity contribution < 1.29 is 9.84 Å². The lowest BCUT2D eigenvalue weighted by Gasteiger charge is -2.27. The number of nitrogens with one attached hydrogen (secondary N) is 1. The Labute approximate surface area is 94.0 Å². The van der Waals surface area contributed by atoms with Gasteiger partial charge in [-0.3, -0.25) is 0 Å². The molecule has 0 saturated carbocycles. The van der Waals surface area contributed by atoms with Gasteiger partial charge >= 0.3 is 0 Å². The first kappa shape index (κ1) is 9.87. The first-order valence-electron chi connectivity index (χ1n) is 5.62. The van der Waals surface area contributed by atoms with Crippen LogP contribution in [-0.4, -0.2) is 22.8 Å². The fourth-order valence-corrected chi connectivity index (χ4v) is 2.55. The lowest BCUT2D eigenvalue weighted by Crippen LogP contribution is -2.33. The third kappa shape index (κ3) is 1.22. The predicted molar refractivity (Wildman–Crippen MR) is 62.2 cm³/mol. The van der Waals surface area contributed by atoms with E-state index in [0.717, 1.165) is 16.5 Å². The van der Waals surface area contributed by atoms with Crippen LogP contribution in [0.1, 0.15) is 18.9 Å². The van der Waals surface area contributed by atoms with Gasteiger partial charge in [-0.25, -0.2) is 0 Å². The van der Waals surface area contributed by atoms with Gasteiger partial charge in [-0.1, -0.05) is 12.1 Å². The van der Waals surface area contributed by atoms with E-state index in [2.05, 4.69) is 4.98 Å². The van der Waals surface area contributed by atoms with Crippen LogP contribution < -0.4 is 0 Å². The molecule has 2 atom stereocenters. The first-order valence-corrected chi connectivity index (χ1v) is 5.62. The highest BCUT2D eigenvalue weighted by molar-refractivity contribution is 5.83. The molecule has 0 aliphatic carbocycles. The smallest absolute Gasteiger partial charge is 0.118 e. The molecule has 1 aromatic heterocycles. The third-order valence-corrected chi connectivity index (χ3v) is 3.58. The molecule has 1 aromatic carbocycles. The van der Waals surface area contributed by atoms with Crippen LogP contribution in [0, 0.1) is 0 Å². The van der Waals surface area contributed by atoms with Crippen molar-refractivity contribution in [3.63, 3.8) is 0 Å². The summed E-state index contributed by atoms with van der Waals surface area (Å²) >= 11 is 0. The molecule has 1 saturated heterocycles. The molecule has 1 aliphatic heterocycles. The molecular weight excluding hydrogens is 202 g/mol. The molecule has 2 unspecified atom stereocenters. The number of ether oxygens (including phenoxy) is 1. The average Bonchev–Trinajstić information content (AvgIpc) is 2.86. The normalized spacial score (nSPS) is 30.0. The molecular formula is C13H15NO2. The fourth-order valence-electron chi connectivity index (χ4n) is 2.55. The number of H-pyrrole nitrogens is 1. The van der Waals surface area contributed by atoms with Crippen LogP contribution in [0.2, 0.25) is 0 Å². The third-order valence-electron chi connectivity index (χ3n) is 3.58. The quantitative estimate of drug-likeness (QED) is 0.769. The van der Waals surface area contributed by atoms with E-state index in [1.165, 1.54) is 0 Å². The predicted octanol–water partition coefficient (Wildman–Crippen LogP) is 2.16. The molecule has 2 N–H and O–H groups in total. The Bertz CT molecular complexity index is 519. The highest BCUT2D eigenvalue weighted by Gasteiger charge is 2.42. The van der Waals surface area contributed by atoms with E-state index in [0.29, 0.717) is 13.0 Å². The Morgan fingerprint density at radius 2 is 2.31 bits per heavy atom. The summed E-state index contributed by atoms with van der Waals surface area (Å²) in [6.45, 7) is 2.55. The summed E-state index contributed by atoms with van der Waals surface area (Å²) < 4.78 is 5.49.